The molecular weight excluding hydrogens is 470 g/mol. The number of rotatable bonds is 5. The fourth-order valence-electron chi connectivity index (χ4n) is 8.16. The van der Waals surface area contributed by atoms with E-state index in [2.05, 4.69) is 22.3 Å². The largest absolute Gasteiger partial charge is 0.490 e. The Balaban J connectivity index is 1.02. The Bertz CT molecular complexity index is 976. The van der Waals surface area contributed by atoms with Gasteiger partial charge in [-0.2, -0.15) is 0 Å². The molecule has 0 aromatic heterocycles. The molecular formula is C29H41N3O5. The number of benzene rings is 1. The number of likely N-dealkylation sites (tertiary alicyclic amines) is 1. The lowest BCUT2D eigenvalue weighted by atomic mass is 9.48. The smallest absolute Gasteiger partial charge is 0.409 e. The Kier molecular flexibility index (Phi) is 6.72. The first-order valence-corrected chi connectivity index (χ1v) is 14.3. The summed E-state index contributed by atoms with van der Waals surface area (Å²) in [6.45, 7) is 3.12. The third-order valence-electron chi connectivity index (χ3n) is 9.84. The molecule has 3 atom stereocenters. The Morgan fingerprint density at radius 3 is 2.38 bits per heavy atom. The van der Waals surface area contributed by atoms with Crippen LogP contribution in [-0.2, 0) is 9.53 Å². The zero-order valence-corrected chi connectivity index (χ0v) is 21.9. The molecule has 6 fully saturated rings. The highest BCUT2D eigenvalue weighted by Gasteiger charge is 2.58. The average Bonchev–Trinajstić information content (AvgIpc) is 2.92. The summed E-state index contributed by atoms with van der Waals surface area (Å²) in [5.74, 6) is 2.36. The van der Waals surface area contributed by atoms with E-state index < -0.39 is 0 Å². The van der Waals surface area contributed by atoms with Gasteiger partial charge in [-0.1, -0.05) is 0 Å². The minimum atomic E-state index is -0.268. The molecule has 0 radical (unpaired) electrons. The normalized spacial score (nSPS) is 35.4. The van der Waals surface area contributed by atoms with E-state index in [1.54, 1.807) is 4.90 Å². The van der Waals surface area contributed by atoms with Crippen molar-refractivity contribution >= 4 is 17.7 Å². The van der Waals surface area contributed by atoms with Crippen molar-refractivity contribution in [3.05, 3.63) is 24.3 Å². The molecule has 8 heteroatoms. The minimum absolute atomic E-state index is 0.104. The van der Waals surface area contributed by atoms with Crippen molar-refractivity contribution in [3.8, 4) is 5.75 Å². The topological polar surface area (TPSA) is 91.3 Å². The number of hydrogen-bond donors (Lipinski definition) is 2. The number of anilines is 1. The van der Waals surface area contributed by atoms with Gasteiger partial charge in [-0.3, -0.25) is 4.79 Å². The zero-order valence-electron chi connectivity index (χ0n) is 21.9. The van der Waals surface area contributed by atoms with Gasteiger partial charge >= 0.3 is 6.09 Å². The second kappa shape index (κ2) is 10.0. The van der Waals surface area contributed by atoms with Crippen LogP contribution in [0.2, 0.25) is 0 Å². The minimum Gasteiger partial charge on any atom is -0.490 e. The lowest BCUT2D eigenvalue weighted by Gasteiger charge is -2.58. The number of methoxy groups -OCH3 is 1. The first kappa shape index (κ1) is 24.8. The molecule has 4 saturated carbocycles. The van der Waals surface area contributed by atoms with Crippen LogP contribution in [0.4, 0.5) is 10.5 Å². The summed E-state index contributed by atoms with van der Waals surface area (Å²) in [4.78, 5) is 29.3. The van der Waals surface area contributed by atoms with E-state index >= 15 is 0 Å². The molecule has 8 nitrogen and oxygen atoms in total. The van der Waals surface area contributed by atoms with Crippen molar-refractivity contribution in [2.24, 2.45) is 23.2 Å². The number of carbonyl (C=O) groups excluding carboxylic acids is 2. The van der Waals surface area contributed by atoms with Crippen LogP contribution in [0.15, 0.2) is 24.3 Å². The zero-order chi connectivity index (χ0) is 25.6. The van der Waals surface area contributed by atoms with Crippen LogP contribution in [-0.4, -0.2) is 73.5 Å². The monoisotopic (exact) mass is 511 g/mol. The van der Waals surface area contributed by atoms with Gasteiger partial charge in [-0.05, 0) is 87.0 Å². The molecule has 4 bridgehead atoms. The predicted molar refractivity (Wildman–Crippen MR) is 139 cm³/mol. The van der Waals surface area contributed by atoms with Gasteiger partial charge in [0.25, 0.3) is 0 Å². The van der Waals surface area contributed by atoms with Crippen molar-refractivity contribution in [1.82, 2.24) is 10.2 Å². The van der Waals surface area contributed by atoms with E-state index in [0.29, 0.717) is 30.8 Å². The highest BCUT2D eigenvalue weighted by Crippen LogP contribution is 2.60. The first-order valence-electron chi connectivity index (χ1n) is 14.3. The van der Waals surface area contributed by atoms with Gasteiger partial charge in [-0.25, -0.2) is 4.79 Å². The van der Waals surface area contributed by atoms with E-state index in [1.165, 1.54) is 7.11 Å². The standard InChI is InChI=1S/C29H41N3O5/c1-36-28(35)31-11-8-25(9-12-31)37-24-6-4-23(5-7-24)32-10-2-3-22(18-32)30-27(34)29-15-19-13-20(16-29)26(33)21(14-19)17-29/h4-7,19-22,25-26,33H,2-3,8-18H2,1H3,(H,30,34)/t19?,20?,21?,22-,26?,29?/m0/s1. The molecule has 0 spiro atoms. The Morgan fingerprint density at radius 2 is 1.70 bits per heavy atom. The second-order valence-electron chi connectivity index (χ2n) is 12.3. The number of nitrogens with zero attached hydrogens (tertiary/aromatic N) is 2. The van der Waals surface area contributed by atoms with E-state index in [4.69, 9.17) is 9.47 Å². The van der Waals surface area contributed by atoms with E-state index in [1.807, 2.05) is 12.1 Å². The molecule has 2 aliphatic heterocycles. The molecule has 7 rings (SSSR count). The van der Waals surface area contributed by atoms with E-state index in [9.17, 15) is 14.7 Å². The number of aliphatic hydroxyl groups is 1. The van der Waals surface area contributed by atoms with Crippen molar-refractivity contribution < 1.29 is 24.2 Å². The van der Waals surface area contributed by atoms with E-state index in [0.717, 1.165) is 82.3 Å². The summed E-state index contributed by atoms with van der Waals surface area (Å²) >= 11 is 0. The summed E-state index contributed by atoms with van der Waals surface area (Å²) < 4.78 is 11.0. The molecule has 2 N–H and O–H groups in total. The van der Waals surface area contributed by atoms with Crippen LogP contribution in [0.25, 0.3) is 0 Å². The van der Waals surface area contributed by atoms with Crippen LogP contribution < -0.4 is 15.0 Å². The molecule has 4 aliphatic carbocycles. The summed E-state index contributed by atoms with van der Waals surface area (Å²) in [5, 5.41) is 14.0. The maximum Gasteiger partial charge on any atom is 0.409 e. The second-order valence-corrected chi connectivity index (χ2v) is 12.3. The predicted octanol–water partition coefficient (Wildman–Crippen LogP) is 3.57. The van der Waals surface area contributed by atoms with Gasteiger partial charge < -0.3 is 29.7 Å². The molecule has 202 valence electrons. The number of ether oxygens (including phenoxy) is 2. The van der Waals surface area contributed by atoms with Gasteiger partial charge in [0.05, 0.1) is 18.6 Å². The van der Waals surface area contributed by atoms with E-state index in [-0.39, 0.29) is 35.7 Å². The first-order chi connectivity index (χ1) is 17.9. The molecule has 1 aromatic carbocycles. The quantitative estimate of drug-likeness (QED) is 0.628. The number of carbonyl (C=O) groups is 2. The van der Waals surface area contributed by atoms with Crippen LogP contribution in [0.1, 0.15) is 57.8 Å². The Morgan fingerprint density at radius 1 is 1.00 bits per heavy atom. The van der Waals surface area contributed by atoms with Crippen LogP contribution in [0, 0.1) is 23.2 Å². The van der Waals surface area contributed by atoms with Crippen molar-refractivity contribution in [2.75, 3.05) is 38.2 Å². The van der Waals surface area contributed by atoms with Gasteiger partial charge in [-0.15, -0.1) is 0 Å². The lowest BCUT2D eigenvalue weighted by molar-refractivity contribution is -0.163. The number of amides is 2. The molecule has 1 aromatic rings. The molecule has 2 saturated heterocycles. The van der Waals surface area contributed by atoms with Gasteiger partial charge in [0.1, 0.15) is 11.9 Å². The third kappa shape index (κ3) is 4.89. The molecule has 6 aliphatic rings. The van der Waals surface area contributed by atoms with Crippen molar-refractivity contribution in [2.45, 2.75) is 76.0 Å². The van der Waals surface area contributed by atoms with Crippen LogP contribution in [0.5, 0.6) is 5.75 Å². The van der Waals surface area contributed by atoms with Gasteiger partial charge in [0.15, 0.2) is 0 Å². The van der Waals surface area contributed by atoms with Crippen molar-refractivity contribution in [1.29, 1.82) is 0 Å². The number of aliphatic hydroxyl groups excluding tert-OH is 1. The highest BCUT2D eigenvalue weighted by molar-refractivity contribution is 5.83. The fraction of sp³-hybridized carbons (Fsp3) is 0.724. The molecule has 2 amide bonds. The SMILES string of the molecule is COC(=O)N1CCC(Oc2ccc(N3CCC[C@H](NC(=O)C45CC6CC(C4)C(O)C(C6)C5)C3)cc2)CC1. The number of nitrogens with one attached hydrogen (secondary N) is 1. The Labute approximate surface area is 219 Å². The number of piperidine rings is 2. The average molecular weight is 512 g/mol. The lowest BCUT2D eigenvalue weighted by Crippen LogP contribution is -2.60. The van der Waals surface area contributed by atoms with Crippen LogP contribution in [0.3, 0.4) is 0 Å². The molecule has 37 heavy (non-hydrogen) atoms. The summed E-state index contributed by atoms with van der Waals surface area (Å²) in [7, 11) is 1.42. The molecule has 2 unspecified atom stereocenters. The van der Waals surface area contributed by atoms with Gasteiger partial charge in [0, 0.05) is 50.7 Å². The summed E-state index contributed by atoms with van der Waals surface area (Å²) in [6.07, 6.45) is 8.28. The summed E-state index contributed by atoms with van der Waals surface area (Å²) in [5.41, 5.74) is 0.911. The van der Waals surface area contributed by atoms with Crippen LogP contribution >= 0.6 is 0 Å². The maximum atomic E-state index is 13.6. The third-order valence-corrected chi connectivity index (χ3v) is 9.84. The number of hydrogen-bond acceptors (Lipinski definition) is 6. The molecule has 2 heterocycles. The summed E-state index contributed by atoms with van der Waals surface area (Å²) in [6, 6.07) is 8.46. The maximum absolute atomic E-state index is 13.6. The fourth-order valence-corrected chi connectivity index (χ4v) is 8.16. The highest BCUT2D eigenvalue weighted by atomic mass is 16.5. The van der Waals surface area contributed by atoms with Crippen molar-refractivity contribution in [3.63, 3.8) is 0 Å². The Hall–Kier alpha value is -2.48. The van der Waals surface area contributed by atoms with Gasteiger partial charge in [0.2, 0.25) is 5.91 Å².